The molecule has 1 amide bonds. The van der Waals surface area contributed by atoms with Crippen molar-refractivity contribution in [2.45, 2.75) is 31.1 Å². The molecule has 2 aliphatic rings. The van der Waals surface area contributed by atoms with Crippen molar-refractivity contribution >= 4 is 26.9 Å². The number of nitrogens with zero attached hydrogens (tertiary/aromatic N) is 2. The Morgan fingerprint density at radius 3 is 2.48 bits per heavy atom. The summed E-state index contributed by atoms with van der Waals surface area (Å²) >= 11 is 0. The van der Waals surface area contributed by atoms with Gasteiger partial charge in [0.25, 0.3) is 5.91 Å². The Bertz CT molecular complexity index is 1310. The number of ether oxygens (including phenoxy) is 1. The van der Waals surface area contributed by atoms with E-state index in [1.807, 2.05) is 36.1 Å². The lowest BCUT2D eigenvalue weighted by Gasteiger charge is -2.38. The molecule has 0 atom stereocenters. The van der Waals surface area contributed by atoms with Gasteiger partial charge >= 0.3 is 0 Å². The molecule has 0 bridgehead atoms. The number of likely N-dealkylation sites (tertiary alicyclic amines) is 1. The van der Waals surface area contributed by atoms with E-state index in [9.17, 15) is 13.2 Å². The van der Waals surface area contributed by atoms with Crippen LogP contribution in [0.25, 0.3) is 11.0 Å². The standard InChI is InChI=1S/C25H28N2O5S/c1-18-21-8-3-4-9-22(21)32-23(18)24(28)26-13-10-25(17-26)11-14-27(15-12-25)33(29,30)20-7-5-6-19(16-20)31-2/h3-9,16H,10-15,17H2,1-2H3. The van der Waals surface area contributed by atoms with Crippen LogP contribution in [-0.2, 0) is 10.0 Å². The van der Waals surface area contributed by atoms with Crippen LogP contribution in [0, 0.1) is 12.3 Å². The second kappa shape index (κ2) is 8.18. The molecule has 0 saturated carbocycles. The van der Waals surface area contributed by atoms with Gasteiger partial charge in [-0.1, -0.05) is 24.3 Å². The summed E-state index contributed by atoms with van der Waals surface area (Å²) in [4.78, 5) is 15.4. The highest BCUT2D eigenvalue weighted by Crippen LogP contribution is 2.42. The number of para-hydroxylation sites is 1. The summed E-state index contributed by atoms with van der Waals surface area (Å²) in [5.41, 5.74) is 1.55. The molecular weight excluding hydrogens is 440 g/mol. The Morgan fingerprint density at radius 1 is 1.03 bits per heavy atom. The predicted octanol–water partition coefficient (Wildman–Crippen LogP) is 4.07. The monoisotopic (exact) mass is 468 g/mol. The maximum atomic E-state index is 13.2. The molecule has 2 aromatic carbocycles. The van der Waals surface area contributed by atoms with Crippen molar-refractivity contribution in [1.82, 2.24) is 9.21 Å². The first-order valence-electron chi connectivity index (χ1n) is 11.2. The van der Waals surface area contributed by atoms with Crippen LogP contribution in [0.15, 0.2) is 57.8 Å². The Morgan fingerprint density at radius 2 is 1.76 bits per heavy atom. The fourth-order valence-electron chi connectivity index (χ4n) is 5.15. The van der Waals surface area contributed by atoms with Gasteiger partial charge in [0, 0.05) is 43.2 Å². The number of hydrogen-bond acceptors (Lipinski definition) is 5. The number of piperidine rings is 1. The summed E-state index contributed by atoms with van der Waals surface area (Å²) in [6.45, 7) is 4.12. The molecule has 0 N–H and O–H groups in total. The lowest BCUT2D eigenvalue weighted by molar-refractivity contribution is 0.0721. The van der Waals surface area contributed by atoms with E-state index in [-0.39, 0.29) is 16.2 Å². The molecule has 3 aromatic rings. The Balaban J connectivity index is 1.28. The second-order valence-corrected chi connectivity index (χ2v) is 11.1. The summed E-state index contributed by atoms with van der Waals surface area (Å²) < 4.78 is 38.9. The van der Waals surface area contributed by atoms with Gasteiger partial charge in [-0.05, 0) is 49.8 Å². The first-order valence-corrected chi connectivity index (χ1v) is 12.7. The van der Waals surface area contributed by atoms with E-state index in [0.29, 0.717) is 37.7 Å². The van der Waals surface area contributed by atoms with E-state index >= 15 is 0 Å². The second-order valence-electron chi connectivity index (χ2n) is 9.11. The lowest BCUT2D eigenvalue weighted by atomic mass is 9.78. The molecule has 33 heavy (non-hydrogen) atoms. The molecule has 5 rings (SSSR count). The Hall–Kier alpha value is -2.84. The molecule has 0 radical (unpaired) electrons. The molecule has 2 aliphatic heterocycles. The van der Waals surface area contributed by atoms with Gasteiger partial charge in [-0.15, -0.1) is 0 Å². The van der Waals surface area contributed by atoms with Gasteiger partial charge in [0.2, 0.25) is 10.0 Å². The highest BCUT2D eigenvalue weighted by atomic mass is 32.2. The van der Waals surface area contributed by atoms with Crippen LogP contribution in [0.3, 0.4) is 0 Å². The molecular formula is C25H28N2O5S. The van der Waals surface area contributed by atoms with Crippen LogP contribution in [0.2, 0.25) is 0 Å². The summed E-state index contributed by atoms with van der Waals surface area (Å²) in [5, 5.41) is 0.964. The number of aryl methyl sites for hydroxylation is 1. The number of sulfonamides is 1. The molecule has 1 spiro atoms. The fraction of sp³-hybridized carbons (Fsp3) is 0.400. The number of furan rings is 1. The number of hydrogen-bond donors (Lipinski definition) is 0. The first-order chi connectivity index (χ1) is 15.8. The van der Waals surface area contributed by atoms with Crippen LogP contribution in [0.1, 0.15) is 35.4 Å². The SMILES string of the molecule is COc1cccc(S(=O)(=O)N2CCC3(CCN(C(=O)c4oc5ccccc5c4C)C3)CC2)c1. The molecule has 0 aliphatic carbocycles. The van der Waals surface area contributed by atoms with Crippen molar-refractivity contribution in [2.24, 2.45) is 5.41 Å². The maximum absolute atomic E-state index is 13.2. The van der Waals surface area contributed by atoms with Gasteiger partial charge in [-0.3, -0.25) is 4.79 Å². The topological polar surface area (TPSA) is 80.1 Å². The molecule has 0 unspecified atom stereocenters. The quantitative estimate of drug-likeness (QED) is 0.577. The largest absolute Gasteiger partial charge is 0.497 e. The van der Waals surface area contributed by atoms with Crippen LogP contribution >= 0.6 is 0 Å². The van der Waals surface area contributed by atoms with Crippen molar-refractivity contribution in [1.29, 1.82) is 0 Å². The highest BCUT2D eigenvalue weighted by Gasteiger charge is 2.44. The smallest absolute Gasteiger partial charge is 0.289 e. The molecule has 2 saturated heterocycles. The van der Waals surface area contributed by atoms with Crippen LogP contribution in [0.5, 0.6) is 5.75 Å². The van der Waals surface area contributed by atoms with Crippen molar-refractivity contribution in [3.8, 4) is 5.75 Å². The molecule has 8 heteroatoms. The lowest BCUT2D eigenvalue weighted by Crippen LogP contribution is -2.44. The average molecular weight is 469 g/mol. The maximum Gasteiger partial charge on any atom is 0.289 e. The fourth-order valence-corrected chi connectivity index (χ4v) is 6.63. The summed E-state index contributed by atoms with van der Waals surface area (Å²) in [6, 6.07) is 14.3. The first kappa shape index (κ1) is 22.0. The average Bonchev–Trinajstić information content (AvgIpc) is 3.40. The van der Waals surface area contributed by atoms with E-state index < -0.39 is 10.0 Å². The molecule has 7 nitrogen and oxygen atoms in total. The van der Waals surface area contributed by atoms with Crippen LogP contribution in [-0.4, -0.2) is 56.8 Å². The van der Waals surface area contributed by atoms with Crippen molar-refractivity contribution in [3.05, 3.63) is 59.9 Å². The third-order valence-electron chi connectivity index (χ3n) is 7.23. The van der Waals surface area contributed by atoms with Gasteiger partial charge in [0.15, 0.2) is 5.76 Å². The number of rotatable bonds is 4. The minimum Gasteiger partial charge on any atom is -0.497 e. The normalized spacial score (nSPS) is 18.8. The molecule has 174 valence electrons. The summed E-state index contributed by atoms with van der Waals surface area (Å²) in [5.74, 6) is 0.855. The van der Waals surface area contributed by atoms with Crippen LogP contribution in [0.4, 0.5) is 0 Å². The van der Waals surface area contributed by atoms with E-state index in [2.05, 4.69) is 0 Å². The van der Waals surface area contributed by atoms with Gasteiger partial charge in [0.1, 0.15) is 11.3 Å². The third kappa shape index (κ3) is 3.81. The minimum absolute atomic E-state index is 0.0457. The summed E-state index contributed by atoms with van der Waals surface area (Å²) in [6.07, 6.45) is 2.35. The van der Waals surface area contributed by atoms with Gasteiger partial charge in [-0.25, -0.2) is 8.42 Å². The van der Waals surface area contributed by atoms with Crippen molar-refractivity contribution in [2.75, 3.05) is 33.3 Å². The Labute approximate surface area is 194 Å². The van der Waals surface area contributed by atoms with E-state index in [0.717, 1.165) is 35.8 Å². The van der Waals surface area contributed by atoms with E-state index in [1.54, 1.807) is 28.6 Å². The summed E-state index contributed by atoms with van der Waals surface area (Å²) in [7, 11) is -2.05. The van der Waals surface area contributed by atoms with Crippen molar-refractivity contribution in [3.63, 3.8) is 0 Å². The number of benzene rings is 2. The number of amides is 1. The minimum atomic E-state index is -3.58. The molecule has 2 fully saturated rings. The number of carbonyl (C=O) groups is 1. The van der Waals surface area contributed by atoms with Crippen LogP contribution < -0.4 is 4.74 Å². The Kier molecular flexibility index (Phi) is 5.45. The zero-order valence-corrected chi connectivity index (χ0v) is 19.7. The highest BCUT2D eigenvalue weighted by molar-refractivity contribution is 7.89. The predicted molar refractivity (Wildman–Crippen MR) is 125 cm³/mol. The van der Waals surface area contributed by atoms with Gasteiger partial charge in [0.05, 0.1) is 12.0 Å². The zero-order valence-electron chi connectivity index (χ0n) is 18.9. The zero-order chi connectivity index (χ0) is 23.2. The number of fused-ring (bicyclic) bond motifs is 1. The van der Waals surface area contributed by atoms with Gasteiger partial charge < -0.3 is 14.1 Å². The third-order valence-corrected chi connectivity index (χ3v) is 9.12. The van der Waals surface area contributed by atoms with Gasteiger partial charge in [-0.2, -0.15) is 4.31 Å². The van der Waals surface area contributed by atoms with Crippen molar-refractivity contribution < 1.29 is 22.4 Å². The molecule has 3 heterocycles. The molecule has 1 aromatic heterocycles. The number of methoxy groups -OCH3 is 1. The van der Waals surface area contributed by atoms with E-state index in [1.165, 1.54) is 7.11 Å². The number of carbonyl (C=O) groups excluding carboxylic acids is 1. The van der Waals surface area contributed by atoms with E-state index in [4.69, 9.17) is 9.15 Å².